The van der Waals surface area contributed by atoms with Crippen LogP contribution in [0.4, 0.5) is 0 Å². The predicted octanol–water partition coefficient (Wildman–Crippen LogP) is 4.36. The number of ether oxygens (including phenoxy) is 1. The highest BCUT2D eigenvalue weighted by molar-refractivity contribution is 5.94. The van der Waals surface area contributed by atoms with Gasteiger partial charge in [-0.05, 0) is 42.2 Å². The first-order valence-corrected chi connectivity index (χ1v) is 9.29. The fourth-order valence-electron chi connectivity index (χ4n) is 2.69. The fourth-order valence-corrected chi connectivity index (χ4v) is 2.69. The monoisotopic (exact) mass is 376 g/mol. The van der Waals surface area contributed by atoms with E-state index in [4.69, 9.17) is 4.74 Å². The first kappa shape index (κ1) is 19.4. The first-order chi connectivity index (χ1) is 13.6. The van der Waals surface area contributed by atoms with Crippen LogP contribution in [0.3, 0.4) is 0 Å². The van der Waals surface area contributed by atoms with Gasteiger partial charge in [-0.15, -0.1) is 0 Å². The number of amides is 1. The predicted molar refractivity (Wildman–Crippen MR) is 111 cm³/mol. The molecule has 0 aliphatic heterocycles. The van der Waals surface area contributed by atoms with Crippen LogP contribution < -0.4 is 10.2 Å². The maximum absolute atomic E-state index is 12.3. The van der Waals surface area contributed by atoms with E-state index >= 15 is 0 Å². The van der Waals surface area contributed by atoms with E-state index in [1.807, 2.05) is 43.3 Å². The van der Waals surface area contributed by atoms with Crippen molar-refractivity contribution < 1.29 is 9.53 Å². The Morgan fingerprint density at radius 2 is 2.00 bits per heavy atom. The molecule has 2 N–H and O–H groups in total. The molecule has 0 bridgehead atoms. The first-order valence-electron chi connectivity index (χ1n) is 9.29. The molecule has 3 aromatic rings. The zero-order valence-corrected chi connectivity index (χ0v) is 16.3. The Morgan fingerprint density at radius 1 is 1.21 bits per heavy atom. The minimum absolute atomic E-state index is 0.337. The molecule has 3 rings (SSSR count). The van der Waals surface area contributed by atoms with Crippen molar-refractivity contribution in [2.24, 2.45) is 5.10 Å². The summed E-state index contributed by atoms with van der Waals surface area (Å²) in [6.45, 7) is 6.82. The maximum atomic E-state index is 12.3. The van der Waals surface area contributed by atoms with Crippen molar-refractivity contribution in [2.75, 3.05) is 6.61 Å². The van der Waals surface area contributed by atoms with Crippen LogP contribution in [0.15, 0.2) is 59.7 Å². The zero-order chi connectivity index (χ0) is 19.9. The standard InChI is InChI=1S/C22H24N4O2/c1-4-28-19-7-5-6-18(12-19)20-13-21(25-24-20)22(27)26-23-14-16-8-10-17(11-9-16)15(2)3/h5-15H,4H2,1-3H3,(H,24,25)(H,26,27). The van der Waals surface area contributed by atoms with Crippen molar-refractivity contribution in [3.05, 3.63) is 71.4 Å². The van der Waals surface area contributed by atoms with E-state index in [1.54, 1.807) is 12.3 Å². The molecule has 0 aliphatic carbocycles. The van der Waals surface area contributed by atoms with Crippen LogP contribution in [0.2, 0.25) is 0 Å². The lowest BCUT2D eigenvalue weighted by Crippen LogP contribution is -2.18. The van der Waals surface area contributed by atoms with Gasteiger partial charge < -0.3 is 4.74 Å². The lowest BCUT2D eigenvalue weighted by Gasteiger charge is -2.04. The minimum Gasteiger partial charge on any atom is -0.494 e. The van der Waals surface area contributed by atoms with E-state index in [2.05, 4.69) is 46.7 Å². The number of hydrogen-bond donors (Lipinski definition) is 2. The number of benzene rings is 2. The van der Waals surface area contributed by atoms with E-state index < -0.39 is 0 Å². The van der Waals surface area contributed by atoms with Gasteiger partial charge in [0.15, 0.2) is 0 Å². The summed E-state index contributed by atoms with van der Waals surface area (Å²) in [6, 6.07) is 17.3. The lowest BCUT2D eigenvalue weighted by atomic mass is 10.0. The molecule has 0 unspecified atom stereocenters. The second-order valence-corrected chi connectivity index (χ2v) is 6.65. The van der Waals surface area contributed by atoms with Crippen LogP contribution in [0.25, 0.3) is 11.3 Å². The van der Waals surface area contributed by atoms with Crippen molar-refractivity contribution in [1.29, 1.82) is 0 Å². The van der Waals surface area contributed by atoms with Crippen LogP contribution in [0.1, 0.15) is 48.3 Å². The Morgan fingerprint density at radius 3 is 2.71 bits per heavy atom. The topological polar surface area (TPSA) is 79.4 Å². The third-order valence-electron chi connectivity index (χ3n) is 4.25. The van der Waals surface area contributed by atoms with Gasteiger partial charge in [0.05, 0.1) is 18.5 Å². The average molecular weight is 376 g/mol. The van der Waals surface area contributed by atoms with Crippen LogP contribution in [0.5, 0.6) is 5.75 Å². The number of aromatic amines is 1. The van der Waals surface area contributed by atoms with Gasteiger partial charge in [-0.1, -0.05) is 50.2 Å². The molecule has 1 heterocycles. The molecule has 0 radical (unpaired) electrons. The summed E-state index contributed by atoms with van der Waals surface area (Å²) in [4.78, 5) is 12.3. The van der Waals surface area contributed by atoms with Gasteiger partial charge in [0.1, 0.15) is 11.4 Å². The largest absolute Gasteiger partial charge is 0.494 e. The molecular formula is C22H24N4O2. The van der Waals surface area contributed by atoms with Gasteiger partial charge in [-0.2, -0.15) is 10.2 Å². The summed E-state index contributed by atoms with van der Waals surface area (Å²) in [7, 11) is 0. The Bertz CT molecular complexity index is 959. The molecule has 6 heteroatoms. The number of aromatic nitrogens is 2. The van der Waals surface area contributed by atoms with E-state index in [-0.39, 0.29) is 5.91 Å². The molecule has 0 saturated heterocycles. The number of hydrazone groups is 1. The molecule has 2 aromatic carbocycles. The van der Waals surface area contributed by atoms with Crippen LogP contribution in [0, 0.1) is 0 Å². The van der Waals surface area contributed by atoms with E-state index in [1.165, 1.54) is 5.56 Å². The Labute approximate surface area is 164 Å². The van der Waals surface area contributed by atoms with Crippen LogP contribution in [-0.2, 0) is 0 Å². The van der Waals surface area contributed by atoms with Gasteiger partial charge in [0, 0.05) is 5.56 Å². The number of carbonyl (C=O) groups excluding carboxylic acids is 1. The summed E-state index contributed by atoms with van der Waals surface area (Å²) in [5.74, 6) is 0.895. The van der Waals surface area contributed by atoms with Gasteiger partial charge in [-0.3, -0.25) is 9.89 Å². The van der Waals surface area contributed by atoms with Crippen molar-refractivity contribution in [1.82, 2.24) is 15.6 Å². The van der Waals surface area contributed by atoms with Crippen molar-refractivity contribution >= 4 is 12.1 Å². The third-order valence-corrected chi connectivity index (χ3v) is 4.25. The summed E-state index contributed by atoms with van der Waals surface area (Å²) < 4.78 is 5.50. The van der Waals surface area contributed by atoms with Gasteiger partial charge in [0.25, 0.3) is 5.91 Å². The SMILES string of the molecule is CCOc1cccc(-c2cc(C(=O)NN=Cc3ccc(C(C)C)cc3)[nH]n2)c1. The molecule has 0 spiro atoms. The van der Waals surface area contributed by atoms with Gasteiger partial charge in [0.2, 0.25) is 0 Å². The molecule has 0 aliphatic rings. The molecule has 144 valence electrons. The second kappa shape index (κ2) is 8.99. The molecule has 0 atom stereocenters. The second-order valence-electron chi connectivity index (χ2n) is 6.65. The lowest BCUT2D eigenvalue weighted by molar-refractivity contribution is 0.0950. The van der Waals surface area contributed by atoms with Crippen molar-refractivity contribution in [2.45, 2.75) is 26.7 Å². The number of hydrogen-bond acceptors (Lipinski definition) is 4. The van der Waals surface area contributed by atoms with E-state index in [9.17, 15) is 4.79 Å². The molecule has 28 heavy (non-hydrogen) atoms. The maximum Gasteiger partial charge on any atom is 0.289 e. The molecule has 1 aromatic heterocycles. The van der Waals surface area contributed by atoms with Gasteiger partial charge >= 0.3 is 0 Å². The van der Waals surface area contributed by atoms with E-state index in [0.29, 0.717) is 23.9 Å². The Kier molecular flexibility index (Phi) is 6.22. The van der Waals surface area contributed by atoms with Crippen LogP contribution >= 0.6 is 0 Å². The highest BCUT2D eigenvalue weighted by Crippen LogP contribution is 2.22. The van der Waals surface area contributed by atoms with Crippen molar-refractivity contribution in [3.8, 4) is 17.0 Å². The summed E-state index contributed by atoms with van der Waals surface area (Å²) in [6.07, 6.45) is 1.62. The summed E-state index contributed by atoms with van der Waals surface area (Å²) in [5, 5.41) is 11.0. The molecular weight excluding hydrogens is 352 g/mol. The fraction of sp³-hybridized carbons (Fsp3) is 0.227. The summed E-state index contributed by atoms with van der Waals surface area (Å²) >= 11 is 0. The normalized spacial score (nSPS) is 11.1. The molecule has 0 saturated carbocycles. The average Bonchev–Trinajstić information content (AvgIpc) is 3.19. The number of H-pyrrole nitrogens is 1. The van der Waals surface area contributed by atoms with Gasteiger partial charge in [-0.25, -0.2) is 5.43 Å². The highest BCUT2D eigenvalue weighted by Gasteiger charge is 2.11. The minimum atomic E-state index is -0.352. The number of nitrogens with zero attached hydrogens (tertiary/aromatic N) is 2. The number of nitrogens with one attached hydrogen (secondary N) is 2. The third kappa shape index (κ3) is 4.85. The number of carbonyl (C=O) groups is 1. The smallest absolute Gasteiger partial charge is 0.289 e. The van der Waals surface area contributed by atoms with Crippen molar-refractivity contribution in [3.63, 3.8) is 0 Å². The van der Waals surface area contributed by atoms with Crippen LogP contribution in [-0.4, -0.2) is 28.9 Å². The number of rotatable bonds is 7. The molecule has 1 amide bonds. The van der Waals surface area contributed by atoms with E-state index in [0.717, 1.165) is 16.9 Å². The summed E-state index contributed by atoms with van der Waals surface area (Å²) in [5.41, 5.74) is 6.57. The zero-order valence-electron chi connectivity index (χ0n) is 16.3. The highest BCUT2D eigenvalue weighted by atomic mass is 16.5. The molecule has 6 nitrogen and oxygen atoms in total. The Hall–Kier alpha value is -3.41. The Balaban J connectivity index is 1.63. The molecule has 0 fully saturated rings. The quantitative estimate of drug-likeness (QED) is 0.475.